The highest BCUT2D eigenvalue weighted by Gasteiger charge is 2.12. The molecule has 0 fully saturated rings. The first kappa shape index (κ1) is 12.0. The standard InChI is InChI=1S/C13H11N3O2S/c1-8-6-9-4-2-3-5-10(9)16-12(8)14-15-13(16)19-7-11(17)18/h2-6H,7H2,1H3,(H,17,18). The number of nitrogens with zero attached hydrogens (tertiary/aromatic N) is 3. The lowest BCUT2D eigenvalue weighted by Gasteiger charge is -2.05. The predicted octanol–water partition coefficient (Wildman–Crippen LogP) is 2.37. The number of carbonyl (C=O) groups is 1. The number of aryl methyl sites for hydroxylation is 1. The molecule has 2 aromatic heterocycles. The first-order valence-electron chi connectivity index (χ1n) is 5.75. The summed E-state index contributed by atoms with van der Waals surface area (Å²) in [5, 5.41) is 18.7. The van der Waals surface area contributed by atoms with Gasteiger partial charge in [0.1, 0.15) is 0 Å². The van der Waals surface area contributed by atoms with Gasteiger partial charge in [0.05, 0.1) is 11.3 Å². The van der Waals surface area contributed by atoms with Crippen LogP contribution in [-0.4, -0.2) is 31.4 Å². The molecule has 0 saturated heterocycles. The van der Waals surface area contributed by atoms with Crippen LogP contribution in [0.15, 0.2) is 35.5 Å². The Hall–Kier alpha value is -2.08. The number of pyridine rings is 1. The van der Waals surface area contributed by atoms with E-state index in [-0.39, 0.29) is 5.75 Å². The summed E-state index contributed by atoms with van der Waals surface area (Å²) in [6.45, 7) is 1.97. The number of carboxylic acids is 1. The number of carboxylic acid groups (broad SMARTS) is 1. The summed E-state index contributed by atoms with van der Waals surface area (Å²) in [4.78, 5) is 10.7. The van der Waals surface area contributed by atoms with Crippen molar-refractivity contribution in [1.82, 2.24) is 14.6 Å². The number of benzene rings is 1. The largest absolute Gasteiger partial charge is 0.481 e. The molecule has 1 N–H and O–H groups in total. The number of fused-ring (bicyclic) bond motifs is 3. The summed E-state index contributed by atoms with van der Waals surface area (Å²) in [5.74, 6) is -0.887. The van der Waals surface area contributed by atoms with Crippen molar-refractivity contribution in [2.75, 3.05) is 5.75 Å². The molecule has 3 aromatic rings. The summed E-state index contributed by atoms with van der Waals surface area (Å²) in [6, 6.07) is 9.99. The first-order valence-corrected chi connectivity index (χ1v) is 6.73. The third-order valence-electron chi connectivity index (χ3n) is 2.86. The second-order valence-electron chi connectivity index (χ2n) is 4.21. The highest BCUT2D eigenvalue weighted by atomic mass is 32.2. The number of aliphatic carboxylic acids is 1. The quantitative estimate of drug-likeness (QED) is 0.742. The van der Waals surface area contributed by atoms with Gasteiger partial charge in [-0.1, -0.05) is 30.0 Å². The Labute approximate surface area is 113 Å². The zero-order valence-electron chi connectivity index (χ0n) is 10.2. The molecule has 6 heteroatoms. The molecule has 0 aliphatic heterocycles. The maximum absolute atomic E-state index is 10.7. The molecular formula is C13H11N3O2S. The minimum absolute atomic E-state index is 0.0247. The third kappa shape index (κ3) is 2.04. The van der Waals surface area contributed by atoms with Crippen molar-refractivity contribution < 1.29 is 9.90 Å². The van der Waals surface area contributed by atoms with Crippen LogP contribution in [0.3, 0.4) is 0 Å². The van der Waals surface area contributed by atoms with Gasteiger partial charge in [0.2, 0.25) is 0 Å². The molecule has 5 nitrogen and oxygen atoms in total. The Kier molecular flexibility index (Phi) is 2.87. The zero-order chi connectivity index (χ0) is 13.4. The monoisotopic (exact) mass is 273 g/mol. The number of aromatic nitrogens is 3. The lowest BCUT2D eigenvalue weighted by molar-refractivity contribution is -0.133. The zero-order valence-corrected chi connectivity index (χ0v) is 11.0. The molecule has 0 aliphatic rings. The molecule has 0 atom stereocenters. The van der Waals surface area contributed by atoms with E-state index in [1.54, 1.807) is 0 Å². The molecule has 0 bridgehead atoms. The molecule has 0 aliphatic carbocycles. The second-order valence-corrected chi connectivity index (χ2v) is 5.15. The van der Waals surface area contributed by atoms with E-state index in [0.717, 1.165) is 22.1 Å². The lowest BCUT2D eigenvalue weighted by Crippen LogP contribution is -2.00. The highest BCUT2D eigenvalue weighted by Crippen LogP contribution is 2.25. The minimum atomic E-state index is -0.862. The maximum atomic E-state index is 10.7. The minimum Gasteiger partial charge on any atom is -0.481 e. The highest BCUT2D eigenvalue weighted by molar-refractivity contribution is 7.99. The molecule has 3 rings (SSSR count). The van der Waals surface area contributed by atoms with Crippen molar-refractivity contribution in [3.63, 3.8) is 0 Å². The average Bonchev–Trinajstić information content (AvgIpc) is 2.81. The van der Waals surface area contributed by atoms with Crippen LogP contribution in [0, 0.1) is 6.92 Å². The van der Waals surface area contributed by atoms with Crippen LogP contribution in [0.1, 0.15) is 5.56 Å². The fourth-order valence-corrected chi connectivity index (χ4v) is 2.74. The van der Waals surface area contributed by atoms with Crippen LogP contribution in [0.5, 0.6) is 0 Å². The van der Waals surface area contributed by atoms with E-state index in [2.05, 4.69) is 16.3 Å². The number of rotatable bonds is 3. The smallest absolute Gasteiger partial charge is 0.313 e. The summed E-state index contributed by atoms with van der Waals surface area (Å²) in [7, 11) is 0. The van der Waals surface area contributed by atoms with Gasteiger partial charge in [-0.2, -0.15) is 0 Å². The molecule has 0 amide bonds. The van der Waals surface area contributed by atoms with Crippen molar-refractivity contribution in [3.8, 4) is 0 Å². The lowest BCUT2D eigenvalue weighted by atomic mass is 10.1. The predicted molar refractivity (Wildman–Crippen MR) is 73.6 cm³/mol. The van der Waals surface area contributed by atoms with Crippen LogP contribution in [0.25, 0.3) is 16.6 Å². The molecule has 0 saturated carbocycles. The Morgan fingerprint density at radius 2 is 2.16 bits per heavy atom. The van der Waals surface area contributed by atoms with Crippen molar-refractivity contribution in [2.45, 2.75) is 12.1 Å². The van der Waals surface area contributed by atoms with Gasteiger partial charge in [-0.3, -0.25) is 9.20 Å². The van der Waals surface area contributed by atoms with E-state index in [0.29, 0.717) is 5.16 Å². The third-order valence-corrected chi connectivity index (χ3v) is 3.77. The molecule has 19 heavy (non-hydrogen) atoms. The van der Waals surface area contributed by atoms with Crippen LogP contribution >= 0.6 is 11.8 Å². The van der Waals surface area contributed by atoms with E-state index in [1.807, 2.05) is 35.6 Å². The Bertz CT molecular complexity index is 782. The van der Waals surface area contributed by atoms with Crippen molar-refractivity contribution in [2.24, 2.45) is 0 Å². The van der Waals surface area contributed by atoms with Gasteiger partial charge in [0.15, 0.2) is 10.8 Å². The number of para-hydroxylation sites is 1. The molecule has 1 aromatic carbocycles. The molecule has 0 spiro atoms. The molecule has 2 heterocycles. The van der Waals surface area contributed by atoms with Gasteiger partial charge in [-0.25, -0.2) is 0 Å². The Morgan fingerprint density at radius 1 is 1.37 bits per heavy atom. The van der Waals surface area contributed by atoms with Gasteiger partial charge in [-0.15, -0.1) is 10.2 Å². The molecule has 96 valence electrons. The topological polar surface area (TPSA) is 67.5 Å². The van der Waals surface area contributed by atoms with Crippen molar-refractivity contribution >= 4 is 34.3 Å². The number of hydrogen-bond acceptors (Lipinski definition) is 4. The van der Waals surface area contributed by atoms with Crippen LogP contribution in [0.2, 0.25) is 0 Å². The van der Waals surface area contributed by atoms with E-state index < -0.39 is 5.97 Å². The Balaban J connectivity index is 2.26. The maximum Gasteiger partial charge on any atom is 0.313 e. The van der Waals surface area contributed by atoms with Gasteiger partial charge in [-0.05, 0) is 30.0 Å². The van der Waals surface area contributed by atoms with Gasteiger partial charge >= 0.3 is 5.97 Å². The molecule has 0 unspecified atom stereocenters. The van der Waals surface area contributed by atoms with Crippen LogP contribution in [0.4, 0.5) is 0 Å². The summed E-state index contributed by atoms with van der Waals surface area (Å²) in [5.41, 5.74) is 2.78. The first-order chi connectivity index (χ1) is 9.16. The fraction of sp³-hybridized carbons (Fsp3) is 0.154. The van der Waals surface area contributed by atoms with E-state index in [4.69, 9.17) is 5.11 Å². The van der Waals surface area contributed by atoms with Crippen LogP contribution in [-0.2, 0) is 4.79 Å². The Morgan fingerprint density at radius 3 is 2.95 bits per heavy atom. The van der Waals surface area contributed by atoms with E-state index >= 15 is 0 Å². The molecule has 0 radical (unpaired) electrons. The number of hydrogen-bond donors (Lipinski definition) is 1. The van der Waals surface area contributed by atoms with Gasteiger partial charge in [0.25, 0.3) is 0 Å². The van der Waals surface area contributed by atoms with Gasteiger partial charge < -0.3 is 5.11 Å². The SMILES string of the molecule is Cc1cc2ccccc2n2c(SCC(=O)O)nnc12. The van der Waals surface area contributed by atoms with Gasteiger partial charge in [0, 0.05) is 0 Å². The van der Waals surface area contributed by atoms with Crippen LogP contribution < -0.4 is 0 Å². The normalized spacial score (nSPS) is 11.2. The number of thioether (sulfide) groups is 1. The van der Waals surface area contributed by atoms with E-state index in [1.165, 1.54) is 11.8 Å². The summed E-state index contributed by atoms with van der Waals surface area (Å²) in [6.07, 6.45) is 0. The van der Waals surface area contributed by atoms with E-state index in [9.17, 15) is 4.79 Å². The molecular weight excluding hydrogens is 262 g/mol. The van der Waals surface area contributed by atoms with Crippen molar-refractivity contribution in [1.29, 1.82) is 0 Å². The second kappa shape index (κ2) is 4.55. The summed E-state index contributed by atoms with van der Waals surface area (Å²) >= 11 is 1.18. The fourth-order valence-electron chi connectivity index (χ4n) is 2.07. The van der Waals surface area contributed by atoms with Crippen molar-refractivity contribution in [3.05, 3.63) is 35.9 Å². The summed E-state index contributed by atoms with van der Waals surface area (Å²) < 4.78 is 1.91. The average molecular weight is 273 g/mol.